The predicted molar refractivity (Wildman–Crippen MR) is 80.9 cm³/mol. The normalized spacial score (nSPS) is 20.2. The van der Waals surface area contributed by atoms with Crippen molar-refractivity contribution in [2.45, 2.75) is 30.7 Å². The maximum absolute atomic E-state index is 12.7. The van der Waals surface area contributed by atoms with Crippen LogP contribution < -0.4 is 10.5 Å². The van der Waals surface area contributed by atoms with Gasteiger partial charge in [-0.15, -0.1) is 12.4 Å². The summed E-state index contributed by atoms with van der Waals surface area (Å²) < 4.78 is 31.9. The number of aryl methyl sites for hydroxylation is 1. The first-order chi connectivity index (χ1) is 8.95. The van der Waals surface area contributed by atoms with Crippen molar-refractivity contribution < 1.29 is 13.2 Å². The smallest absolute Gasteiger partial charge is 0.246 e. The largest absolute Gasteiger partial charge is 0.495 e. The monoisotopic (exact) mass is 320 g/mol. The lowest BCUT2D eigenvalue weighted by Gasteiger charge is -2.30. The number of piperidine rings is 1. The Kier molecular flexibility index (Phi) is 5.82. The van der Waals surface area contributed by atoms with E-state index in [1.165, 1.54) is 11.4 Å². The first kappa shape index (κ1) is 17.2. The van der Waals surface area contributed by atoms with Gasteiger partial charge in [-0.2, -0.15) is 4.31 Å². The van der Waals surface area contributed by atoms with Gasteiger partial charge < -0.3 is 10.5 Å². The third-order valence-corrected chi connectivity index (χ3v) is 5.24. The fourth-order valence-electron chi connectivity index (χ4n) is 2.32. The van der Waals surface area contributed by atoms with E-state index in [1.807, 2.05) is 13.0 Å². The first-order valence-corrected chi connectivity index (χ1v) is 7.79. The Morgan fingerprint density at radius 3 is 2.70 bits per heavy atom. The molecule has 2 N–H and O–H groups in total. The van der Waals surface area contributed by atoms with Gasteiger partial charge in [-0.25, -0.2) is 8.42 Å². The molecule has 0 saturated carbocycles. The standard InChI is InChI=1S/C13H20N2O3S.ClH/c1-10-5-6-12(18-2)13(8-10)19(16,17)15-7-3-4-11(14)9-15;/h5-6,8,11H,3-4,7,9,14H2,1-2H3;1H. The number of hydrogen-bond acceptors (Lipinski definition) is 4. The highest BCUT2D eigenvalue weighted by molar-refractivity contribution is 7.89. The highest BCUT2D eigenvalue weighted by atomic mass is 35.5. The molecule has 1 aliphatic rings. The van der Waals surface area contributed by atoms with E-state index in [0.29, 0.717) is 18.8 Å². The van der Waals surface area contributed by atoms with Crippen molar-refractivity contribution >= 4 is 22.4 Å². The van der Waals surface area contributed by atoms with Crippen molar-refractivity contribution in [3.05, 3.63) is 23.8 Å². The number of ether oxygens (including phenoxy) is 1. The summed E-state index contributed by atoms with van der Waals surface area (Å²) >= 11 is 0. The molecule has 1 unspecified atom stereocenters. The van der Waals surface area contributed by atoms with Gasteiger partial charge in [0.1, 0.15) is 10.6 Å². The summed E-state index contributed by atoms with van der Waals surface area (Å²) in [4.78, 5) is 0.226. The number of methoxy groups -OCH3 is 1. The molecular weight excluding hydrogens is 300 g/mol. The van der Waals surface area contributed by atoms with Crippen LogP contribution in [0.3, 0.4) is 0 Å². The van der Waals surface area contributed by atoms with E-state index in [2.05, 4.69) is 0 Å². The SMILES string of the molecule is COc1ccc(C)cc1S(=O)(=O)N1CCCC(N)C1.Cl. The average Bonchev–Trinajstić information content (AvgIpc) is 2.38. The number of rotatable bonds is 3. The zero-order valence-electron chi connectivity index (χ0n) is 11.7. The minimum atomic E-state index is -3.53. The number of hydrogen-bond donors (Lipinski definition) is 1. The van der Waals surface area contributed by atoms with Crippen molar-refractivity contribution in [3.63, 3.8) is 0 Å². The van der Waals surface area contributed by atoms with E-state index in [0.717, 1.165) is 18.4 Å². The van der Waals surface area contributed by atoms with Crippen molar-refractivity contribution in [1.29, 1.82) is 0 Å². The van der Waals surface area contributed by atoms with Gasteiger partial charge in [-0.05, 0) is 37.5 Å². The van der Waals surface area contributed by atoms with E-state index in [4.69, 9.17) is 10.5 Å². The van der Waals surface area contributed by atoms with Gasteiger partial charge in [0, 0.05) is 19.1 Å². The van der Waals surface area contributed by atoms with Gasteiger partial charge in [0.2, 0.25) is 10.0 Å². The molecule has 20 heavy (non-hydrogen) atoms. The predicted octanol–water partition coefficient (Wildman–Crippen LogP) is 1.54. The van der Waals surface area contributed by atoms with E-state index in [9.17, 15) is 8.42 Å². The topological polar surface area (TPSA) is 72.6 Å². The molecule has 5 nitrogen and oxygen atoms in total. The lowest BCUT2D eigenvalue weighted by molar-refractivity contribution is 0.314. The molecule has 0 radical (unpaired) electrons. The van der Waals surface area contributed by atoms with Crippen LogP contribution in [0.5, 0.6) is 5.75 Å². The Balaban J connectivity index is 0.00000200. The molecule has 0 amide bonds. The van der Waals surface area contributed by atoms with Crippen LogP contribution in [0.25, 0.3) is 0 Å². The summed E-state index contributed by atoms with van der Waals surface area (Å²) in [6, 6.07) is 5.08. The molecule has 1 aromatic carbocycles. The second-order valence-corrected chi connectivity index (χ2v) is 6.83. The van der Waals surface area contributed by atoms with E-state index in [1.54, 1.807) is 12.1 Å². The van der Waals surface area contributed by atoms with Crippen molar-refractivity contribution in [1.82, 2.24) is 4.31 Å². The molecule has 0 bridgehead atoms. The van der Waals surface area contributed by atoms with Crippen molar-refractivity contribution in [3.8, 4) is 5.75 Å². The van der Waals surface area contributed by atoms with E-state index < -0.39 is 10.0 Å². The van der Waals surface area contributed by atoms with Gasteiger partial charge in [0.05, 0.1) is 7.11 Å². The maximum Gasteiger partial charge on any atom is 0.246 e. The molecule has 1 atom stereocenters. The number of benzene rings is 1. The molecule has 1 heterocycles. The van der Waals surface area contributed by atoms with Crippen LogP contribution in [0.15, 0.2) is 23.1 Å². The summed E-state index contributed by atoms with van der Waals surface area (Å²) in [5, 5.41) is 0. The molecule has 2 rings (SSSR count). The minimum Gasteiger partial charge on any atom is -0.495 e. The second kappa shape index (κ2) is 6.76. The Hall–Kier alpha value is -0.820. The zero-order valence-corrected chi connectivity index (χ0v) is 13.3. The summed E-state index contributed by atoms with van der Waals surface area (Å²) in [5.41, 5.74) is 6.75. The molecule has 7 heteroatoms. The molecule has 1 saturated heterocycles. The quantitative estimate of drug-likeness (QED) is 0.917. The molecular formula is C13H21ClN2O3S. The number of halogens is 1. The number of nitrogens with zero attached hydrogens (tertiary/aromatic N) is 1. The van der Waals surface area contributed by atoms with Crippen LogP contribution in [-0.4, -0.2) is 39.0 Å². The van der Waals surface area contributed by atoms with E-state index in [-0.39, 0.29) is 23.3 Å². The van der Waals surface area contributed by atoms with Crippen LogP contribution in [-0.2, 0) is 10.0 Å². The first-order valence-electron chi connectivity index (χ1n) is 6.35. The van der Waals surface area contributed by atoms with Crippen molar-refractivity contribution in [2.75, 3.05) is 20.2 Å². The third-order valence-electron chi connectivity index (χ3n) is 3.36. The number of nitrogens with two attached hydrogens (primary N) is 1. The van der Waals surface area contributed by atoms with Crippen LogP contribution in [0.1, 0.15) is 18.4 Å². The minimum absolute atomic E-state index is 0. The lowest BCUT2D eigenvalue weighted by Crippen LogP contribution is -2.45. The van der Waals surface area contributed by atoms with Gasteiger partial charge in [0.15, 0.2) is 0 Å². The van der Waals surface area contributed by atoms with Crippen LogP contribution in [0.4, 0.5) is 0 Å². The average molecular weight is 321 g/mol. The molecule has 0 spiro atoms. The maximum atomic E-state index is 12.7. The highest BCUT2D eigenvalue weighted by Gasteiger charge is 2.31. The Labute approximate surface area is 126 Å². The van der Waals surface area contributed by atoms with Crippen molar-refractivity contribution in [2.24, 2.45) is 5.73 Å². The summed E-state index contributed by atoms with van der Waals surface area (Å²) in [6.07, 6.45) is 1.67. The lowest BCUT2D eigenvalue weighted by atomic mass is 10.1. The Morgan fingerprint density at radius 2 is 2.10 bits per heavy atom. The molecule has 0 aliphatic carbocycles. The van der Waals surface area contributed by atoms with Gasteiger partial charge in [-0.3, -0.25) is 0 Å². The number of sulfonamides is 1. The zero-order chi connectivity index (χ0) is 14.0. The fourth-order valence-corrected chi connectivity index (χ4v) is 4.09. The van der Waals surface area contributed by atoms with E-state index >= 15 is 0 Å². The molecule has 114 valence electrons. The second-order valence-electron chi connectivity index (χ2n) is 4.92. The molecule has 1 aromatic rings. The van der Waals surface area contributed by atoms with Crippen LogP contribution >= 0.6 is 12.4 Å². The highest BCUT2D eigenvalue weighted by Crippen LogP contribution is 2.29. The van der Waals surface area contributed by atoms with Gasteiger partial charge >= 0.3 is 0 Å². The third kappa shape index (κ3) is 3.44. The van der Waals surface area contributed by atoms with Crippen LogP contribution in [0, 0.1) is 6.92 Å². The van der Waals surface area contributed by atoms with Gasteiger partial charge in [-0.1, -0.05) is 6.07 Å². The van der Waals surface area contributed by atoms with Crippen LogP contribution in [0.2, 0.25) is 0 Å². The fraction of sp³-hybridized carbons (Fsp3) is 0.538. The Bertz CT molecular complexity index is 563. The van der Waals surface area contributed by atoms with Gasteiger partial charge in [0.25, 0.3) is 0 Å². The molecule has 1 aliphatic heterocycles. The molecule has 0 aromatic heterocycles. The summed E-state index contributed by atoms with van der Waals surface area (Å²) in [5.74, 6) is 0.379. The summed E-state index contributed by atoms with van der Waals surface area (Å²) in [6.45, 7) is 2.76. The molecule has 1 fully saturated rings. The summed E-state index contributed by atoms with van der Waals surface area (Å²) in [7, 11) is -2.05. The Morgan fingerprint density at radius 1 is 1.40 bits per heavy atom.